The molecule has 1 atom stereocenters. The first-order chi connectivity index (χ1) is 8.93. The average Bonchev–Trinajstić information content (AvgIpc) is 2.83. The standard InChI is InChI=1S/C11H19N3O5/c1-13(5-4-9(15)16)11(18)14-6-3-8(7-14)12-10(17)19-2/h8H,3-7H2,1-2H3,(H,12,17)(H,15,16). The maximum atomic E-state index is 12.0. The van der Waals surface area contributed by atoms with Crippen molar-refractivity contribution in [2.45, 2.75) is 18.9 Å². The van der Waals surface area contributed by atoms with Crippen LogP contribution in [0.3, 0.4) is 0 Å². The topological polar surface area (TPSA) is 99.2 Å². The normalized spacial score (nSPS) is 18.0. The van der Waals surface area contributed by atoms with Gasteiger partial charge in [-0.05, 0) is 6.42 Å². The molecule has 0 aromatic heterocycles. The fourth-order valence-electron chi connectivity index (χ4n) is 1.88. The molecule has 0 spiro atoms. The van der Waals surface area contributed by atoms with Crippen LogP contribution in [0.4, 0.5) is 9.59 Å². The van der Waals surface area contributed by atoms with E-state index in [9.17, 15) is 14.4 Å². The average molecular weight is 273 g/mol. The molecule has 0 aromatic carbocycles. The highest BCUT2D eigenvalue weighted by Crippen LogP contribution is 2.11. The first kappa shape index (κ1) is 15.1. The number of alkyl carbamates (subject to hydrolysis) is 1. The molecule has 1 unspecified atom stereocenters. The summed E-state index contributed by atoms with van der Waals surface area (Å²) >= 11 is 0. The summed E-state index contributed by atoms with van der Waals surface area (Å²) in [5.41, 5.74) is 0. The fraction of sp³-hybridized carbons (Fsp3) is 0.727. The third-order valence-corrected chi connectivity index (χ3v) is 2.95. The van der Waals surface area contributed by atoms with E-state index in [1.54, 1.807) is 11.9 Å². The molecule has 19 heavy (non-hydrogen) atoms. The Labute approximate surface area is 111 Å². The third-order valence-electron chi connectivity index (χ3n) is 2.95. The van der Waals surface area contributed by atoms with E-state index in [1.165, 1.54) is 12.0 Å². The molecule has 0 bridgehead atoms. The summed E-state index contributed by atoms with van der Waals surface area (Å²) in [6.07, 6.45) is 0.0617. The monoisotopic (exact) mass is 273 g/mol. The lowest BCUT2D eigenvalue weighted by molar-refractivity contribution is -0.137. The highest BCUT2D eigenvalue weighted by Gasteiger charge is 2.29. The summed E-state index contributed by atoms with van der Waals surface area (Å²) in [5.74, 6) is -0.939. The second-order valence-corrected chi connectivity index (χ2v) is 4.42. The Kier molecular flexibility index (Phi) is 5.40. The molecule has 3 amide bonds. The van der Waals surface area contributed by atoms with Crippen LogP contribution in [0.2, 0.25) is 0 Å². The number of hydrogen-bond donors (Lipinski definition) is 2. The zero-order valence-corrected chi connectivity index (χ0v) is 11.1. The van der Waals surface area contributed by atoms with Crippen molar-refractivity contribution in [2.75, 3.05) is 33.8 Å². The number of nitrogens with zero attached hydrogens (tertiary/aromatic N) is 2. The number of aliphatic carboxylic acids is 1. The second-order valence-electron chi connectivity index (χ2n) is 4.42. The van der Waals surface area contributed by atoms with Crippen molar-refractivity contribution < 1.29 is 24.2 Å². The molecule has 0 aromatic rings. The van der Waals surface area contributed by atoms with Crippen LogP contribution < -0.4 is 5.32 Å². The van der Waals surface area contributed by atoms with Crippen molar-refractivity contribution in [3.8, 4) is 0 Å². The predicted octanol–water partition coefficient (Wildman–Crippen LogP) is -0.0568. The first-order valence-electron chi connectivity index (χ1n) is 6.00. The van der Waals surface area contributed by atoms with Gasteiger partial charge in [0.25, 0.3) is 0 Å². The summed E-state index contributed by atoms with van der Waals surface area (Å²) in [4.78, 5) is 36.4. The van der Waals surface area contributed by atoms with Gasteiger partial charge in [-0.15, -0.1) is 0 Å². The van der Waals surface area contributed by atoms with Gasteiger partial charge < -0.3 is 25.0 Å². The molecule has 1 saturated heterocycles. The maximum absolute atomic E-state index is 12.0. The van der Waals surface area contributed by atoms with Gasteiger partial charge in [0.05, 0.1) is 19.6 Å². The quantitative estimate of drug-likeness (QED) is 0.747. The molecule has 0 radical (unpaired) electrons. The number of carboxylic acids is 1. The summed E-state index contributed by atoms with van der Waals surface area (Å²) in [6.45, 7) is 1.11. The highest BCUT2D eigenvalue weighted by molar-refractivity contribution is 5.76. The number of urea groups is 1. The van der Waals surface area contributed by atoms with E-state index >= 15 is 0 Å². The SMILES string of the molecule is COC(=O)NC1CCN(C(=O)N(C)CCC(=O)O)C1. The molecule has 0 aliphatic carbocycles. The van der Waals surface area contributed by atoms with Crippen LogP contribution in [0.15, 0.2) is 0 Å². The molecule has 1 aliphatic rings. The van der Waals surface area contributed by atoms with Crippen molar-refractivity contribution >= 4 is 18.1 Å². The molecule has 1 aliphatic heterocycles. The Morgan fingerprint density at radius 3 is 2.74 bits per heavy atom. The number of nitrogens with one attached hydrogen (secondary N) is 1. The van der Waals surface area contributed by atoms with Crippen LogP contribution in [-0.2, 0) is 9.53 Å². The number of amides is 3. The van der Waals surface area contributed by atoms with E-state index in [1.807, 2.05) is 0 Å². The Morgan fingerprint density at radius 1 is 1.47 bits per heavy atom. The lowest BCUT2D eigenvalue weighted by Crippen LogP contribution is -2.43. The van der Waals surface area contributed by atoms with Gasteiger partial charge in [-0.2, -0.15) is 0 Å². The zero-order valence-electron chi connectivity index (χ0n) is 11.1. The Hall–Kier alpha value is -1.99. The van der Waals surface area contributed by atoms with Crippen LogP contribution in [0.5, 0.6) is 0 Å². The number of hydrogen-bond acceptors (Lipinski definition) is 4. The van der Waals surface area contributed by atoms with Crippen LogP contribution in [-0.4, -0.2) is 72.8 Å². The zero-order chi connectivity index (χ0) is 14.4. The number of carbonyl (C=O) groups is 3. The highest BCUT2D eigenvalue weighted by atomic mass is 16.5. The summed E-state index contributed by atoms with van der Waals surface area (Å²) in [7, 11) is 2.85. The molecule has 1 heterocycles. The van der Waals surface area contributed by atoms with Crippen LogP contribution >= 0.6 is 0 Å². The number of ether oxygens (including phenoxy) is 1. The van der Waals surface area contributed by atoms with Crippen molar-refractivity contribution in [1.29, 1.82) is 0 Å². The Bertz CT molecular complexity index is 360. The lowest BCUT2D eigenvalue weighted by Gasteiger charge is -2.24. The molecular formula is C11H19N3O5. The fourth-order valence-corrected chi connectivity index (χ4v) is 1.88. The Balaban J connectivity index is 2.38. The van der Waals surface area contributed by atoms with E-state index in [0.717, 1.165) is 0 Å². The first-order valence-corrected chi connectivity index (χ1v) is 6.00. The molecule has 108 valence electrons. The largest absolute Gasteiger partial charge is 0.481 e. The smallest absolute Gasteiger partial charge is 0.407 e. The van der Waals surface area contributed by atoms with Gasteiger partial charge in [0.15, 0.2) is 0 Å². The predicted molar refractivity (Wildman–Crippen MR) is 65.8 cm³/mol. The van der Waals surface area contributed by atoms with E-state index in [-0.39, 0.29) is 25.0 Å². The summed E-state index contributed by atoms with van der Waals surface area (Å²) in [5, 5.41) is 11.2. The number of likely N-dealkylation sites (tertiary alicyclic amines) is 1. The molecule has 1 rings (SSSR count). The van der Waals surface area contributed by atoms with Gasteiger partial charge in [-0.3, -0.25) is 4.79 Å². The van der Waals surface area contributed by atoms with E-state index in [4.69, 9.17) is 5.11 Å². The molecule has 0 saturated carbocycles. The summed E-state index contributed by atoms with van der Waals surface area (Å²) in [6, 6.07) is -0.348. The van der Waals surface area contributed by atoms with Gasteiger partial charge in [0, 0.05) is 26.7 Å². The minimum atomic E-state index is -0.939. The van der Waals surface area contributed by atoms with Gasteiger partial charge in [0.2, 0.25) is 0 Å². The molecule has 2 N–H and O–H groups in total. The number of carboxylic acid groups (broad SMARTS) is 1. The number of methoxy groups -OCH3 is 1. The summed E-state index contributed by atoms with van der Waals surface area (Å²) < 4.78 is 4.49. The van der Waals surface area contributed by atoms with Crippen LogP contribution in [0, 0.1) is 0 Å². The third kappa shape index (κ3) is 4.65. The molecule has 8 heteroatoms. The van der Waals surface area contributed by atoms with Crippen LogP contribution in [0.25, 0.3) is 0 Å². The molecule has 8 nitrogen and oxygen atoms in total. The van der Waals surface area contributed by atoms with Gasteiger partial charge >= 0.3 is 18.1 Å². The van der Waals surface area contributed by atoms with Crippen molar-refractivity contribution in [1.82, 2.24) is 15.1 Å². The van der Waals surface area contributed by atoms with Gasteiger partial charge in [-0.1, -0.05) is 0 Å². The van der Waals surface area contributed by atoms with Crippen LogP contribution in [0.1, 0.15) is 12.8 Å². The number of rotatable bonds is 4. The van der Waals surface area contributed by atoms with Crippen molar-refractivity contribution in [3.63, 3.8) is 0 Å². The van der Waals surface area contributed by atoms with Crippen molar-refractivity contribution in [2.24, 2.45) is 0 Å². The second kappa shape index (κ2) is 6.81. The van der Waals surface area contributed by atoms with E-state index in [0.29, 0.717) is 19.5 Å². The van der Waals surface area contributed by atoms with Crippen molar-refractivity contribution in [3.05, 3.63) is 0 Å². The van der Waals surface area contributed by atoms with E-state index in [2.05, 4.69) is 10.1 Å². The van der Waals surface area contributed by atoms with Gasteiger partial charge in [-0.25, -0.2) is 9.59 Å². The van der Waals surface area contributed by atoms with Gasteiger partial charge in [0.1, 0.15) is 0 Å². The molecular weight excluding hydrogens is 254 g/mol. The number of carbonyl (C=O) groups excluding carboxylic acids is 2. The minimum Gasteiger partial charge on any atom is -0.481 e. The Morgan fingerprint density at radius 2 is 2.16 bits per heavy atom. The minimum absolute atomic E-state index is 0.0834. The lowest BCUT2D eigenvalue weighted by atomic mass is 10.3. The van der Waals surface area contributed by atoms with E-state index < -0.39 is 12.1 Å². The molecule has 1 fully saturated rings. The maximum Gasteiger partial charge on any atom is 0.407 e.